The quantitative estimate of drug-likeness (QED) is 0.861. The zero-order chi connectivity index (χ0) is 17.1. The Balaban J connectivity index is 1.74. The molecular formula is C16H14BrN3O4. The molecule has 1 N–H and O–H groups in total. The standard InChI is InChI=1S/C16H14BrN3O4/c17-11-3-1-2-10(6-11)14-9-20(4-5-24-14)15(21)12-7-19-13(8-18-12)16(22)23/h1-3,6-8,14H,4-5,9H2,(H,22,23). The third-order valence-electron chi connectivity index (χ3n) is 3.66. The first-order valence-electron chi connectivity index (χ1n) is 7.26. The molecule has 2 aromatic rings. The van der Waals surface area contributed by atoms with Gasteiger partial charge in [-0.3, -0.25) is 4.79 Å². The first-order chi connectivity index (χ1) is 11.5. The van der Waals surface area contributed by atoms with Crippen LogP contribution in [0.2, 0.25) is 0 Å². The second-order valence-electron chi connectivity index (χ2n) is 5.26. The summed E-state index contributed by atoms with van der Waals surface area (Å²) in [6.07, 6.45) is 2.06. The Bertz CT molecular complexity index is 766. The first-order valence-corrected chi connectivity index (χ1v) is 8.05. The maximum Gasteiger partial charge on any atom is 0.356 e. The lowest BCUT2D eigenvalue weighted by atomic mass is 10.1. The van der Waals surface area contributed by atoms with Crippen molar-refractivity contribution in [3.05, 3.63) is 58.1 Å². The molecule has 1 unspecified atom stereocenters. The lowest BCUT2D eigenvalue weighted by Crippen LogP contribution is -2.42. The van der Waals surface area contributed by atoms with Gasteiger partial charge in [0.15, 0.2) is 5.69 Å². The summed E-state index contributed by atoms with van der Waals surface area (Å²) in [5.41, 5.74) is 0.907. The van der Waals surface area contributed by atoms with Gasteiger partial charge < -0.3 is 14.7 Å². The van der Waals surface area contributed by atoms with Crippen LogP contribution in [0.4, 0.5) is 0 Å². The molecular weight excluding hydrogens is 378 g/mol. The Morgan fingerprint density at radius 3 is 2.67 bits per heavy atom. The molecule has 1 fully saturated rings. The number of rotatable bonds is 3. The molecule has 7 nitrogen and oxygen atoms in total. The minimum Gasteiger partial charge on any atom is -0.476 e. The molecule has 24 heavy (non-hydrogen) atoms. The van der Waals surface area contributed by atoms with Gasteiger partial charge in [0.1, 0.15) is 11.8 Å². The summed E-state index contributed by atoms with van der Waals surface area (Å²) in [5, 5.41) is 8.83. The minimum absolute atomic E-state index is 0.120. The highest BCUT2D eigenvalue weighted by Gasteiger charge is 2.27. The van der Waals surface area contributed by atoms with Crippen LogP contribution < -0.4 is 0 Å². The normalized spacial score (nSPS) is 17.5. The van der Waals surface area contributed by atoms with Crippen molar-refractivity contribution in [1.29, 1.82) is 0 Å². The average Bonchev–Trinajstić information content (AvgIpc) is 2.61. The first kappa shape index (κ1) is 16.5. The van der Waals surface area contributed by atoms with Crippen molar-refractivity contribution in [1.82, 2.24) is 14.9 Å². The predicted molar refractivity (Wildman–Crippen MR) is 87.7 cm³/mol. The molecule has 1 saturated heterocycles. The van der Waals surface area contributed by atoms with Crippen LogP contribution in [0.15, 0.2) is 41.1 Å². The SMILES string of the molecule is O=C(O)c1cnc(C(=O)N2CCOC(c3cccc(Br)c3)C2)cn1. The van der Waals surface area contributed by atoms with Gasteiger partial charge in [0.25, 0.3) is 5.91 Å². The molecule has 1 aliphatic heterocycles. The number of aromatic nitrogens is 2. The van der Waals surface area contributed by atoms with Gasteiger partial charge in [-0.25, -0.2) is 14.8 Å². The number of ether oxygens (including phenoxy) is 1. The second-order valence-corrected chi connectivity index (χ2v) is 6.17. The van der Waals surface area contributed by atoms with Crippen molar-refractivity contribution in [3.8, 4) is 0 Å². The van der Waals surface area contributed by atoms with Gasteiger partial charge in [0.05, 0.1) is 25.5 Å². The fourth-order valence-corrected chi connectivity index (χ4v) is 2.87. The number of benzene rings is 1. The molecule has 124 valence electrons. The molecule has 1 aromatic carbocycles. The zero-order valence-electron chi connectivity index (χ0n) is 12.6. The summed E-state index contributed by atoms with van der Waals surface area (Å²) in [5.74, 6) is -1.47. The number of aromatic carboxylic acids is 1. The summed E-state index contributed by atoms with van der Waals surface area (Å²) < 4.78 is 6.70. The van der Waals surface area contributed by atoms with Gasteiger partial charge in [-0.05, 0) is 17.7 Å². The van der Waals surface area contributed by atoms with E-state index in [9.17, 15) is 9.59 Å². The molecule has 0 bridgehead atoms. The van der Waals surface area contributed by atoms with Crippen LogP contribution >= 0.6 is 15.9 Å². The molecule has 0 radical (unpaired) electrons. The number of morpholine rings is 1. The topological polar surface area (TPSA) is 92.6 Å². The van der Waals surface area contributed by atoms with Gasteiger partial charge in [-0.2, -0.15) is 0 Å². The summed E-state index contributed by atoms with van der Waals surface area (Å²) in [7, 11) is 0. The van der Waals surface area contributed by atoms with Crippen molar-refractivity contribution >= 4 is 27.8 Å². The van der Waals surface area contributed by atoms with Crippen molar-refractivity contribution in [2.45, 2.75) is 6.10 Å². The number of hydrogen-bond donors (Lipinski definition) is 1. The molecule has 8 heteroatoms. The third kappa shape index (κ3) is 3.60. The molecule has 0 saturated carbocycles. The number of nitrogens with zero attached hydrogens (tertiary/aromatic N) is 3. The van der Waals surface area contributed by atoms with Crippen LogP contribution in [-0.4, -0.2) is 51.5 Å². The van der Waals surface area contributed by atoms with E-state index in [4.69, 9.17) is 9.84 Å². The largest absolute Gasteiger partial charge is 0.476 e. The van der Waals surface area contributed by atoms with E-state index in [0.29, 0.717) is 19.7 Å². The highest BCUT2D eigenvalue weighted by Crippen LogP contribution is 2.25. The number of amides is 1. The van der Waals surface area contributed by atoms with Crippen LogP contribution in [0, 0.1) is 0 Å². The Labute approximate surface area is 146 Å². The van der Waals surface area contributed by atoms with Gasteiger partial charge in [-0.1, -0.05) is 28.1 Å². The zero-order valence-corrected chi connectivity index (χ0v) is 14.1. The molecule has 1 atom stereocenters. The molecule has 2 heterocycles. The van der Waals surface area contributed by atoms with Gasteiger partial charge in [0, 0.05) is 11.0 Å². The monoisotopic (exact) mass is 391 g/mol. The number of carboxylic acids is 1. The van der Waals surface area contributed by atoms with E-state index in [1.165, 1.54) is 6.20 Å². The Morgan fingerprint density at radius 1 is 1.25 bits per heavy atom. The maximum absolute atomic E-state index is 12.5. The van der Waals surface area contributed by atoms with Crippen molar-refractivity contribution in [3.63, 3.8) is 0 Å². The van der Waals surface area contributed by atoms with Crippen molar-refractivity contribution in [2.24, 2.45) is 0 Å². The van der Waals surface area contributed by atoms with Crippen molar-refractivity contribution < 1.29 is 19.4 Å². The number of halogens is 1. The lowest BCUT2D eigenvalue weighted by Gasteiger charge is -2.33. The van der Waals surface area contributed by atoms with E-state index < -0.39 is 5.97 Å². The summed E-state index contributed by atoms with van der Waals surface area (Å²) in [6.45, 7) is 1.27. The second kappa shape index (κ2) is 7.06. The Morgan fingerprint density at radius 2 is 2.00 bits per heavy atom. The van der Waals surface area contributed by atoms with E-state index in [1.54, 1.807) is 4.90 Å². The number of carboxylic acid groups (broad SMARTS) is 1. The van der Waals surface area contributed by atoms with Crippen LogP contribution in [0.3, 0.4) is 0 Å². The Kier molecular flexibility index (Phi) is 4.86. The van der Waals surface area contributed by atoms with E-state index in [0.717, 1.165) is 16.2 Å². The van der Waals surface area contributed by atoms with Crippen LogP contribution in [0.25, 0.3) is 0 Å². The van der Waals surface area contributed by atoms with Crippen molar-refractivity contribution in [2.75, 3.05) is 19.7 Å². The number of carbonyl (C=O) groups is 2. The van der Waals surface area contributed by atoms with Gasteiger partial charge in [-0.15, -0.1) is 0 Å². The van der Waals surface area contributed by atoms with Gasteiger partial charge >= 0.3 is 5.97 Å². The number of hydrogen-bond acceptors (Lipinski definition) is 5. The van der Waals surface area contributed by atoms with E-state index in [2.05, 4.69) is 25.9 Å². The smallest absolute Gasteiger partial charge is 0.356 e. The highest BCUT2D eigenvalue weighted by atomic mass is 79.9. The fraction of sp³-hybridized carbons (Fsp3) is 0.250. The summed E-state index contributed by atoms with van der Waals surface area (Å²) >= 11 is 3.43. The van der Waals surface area contributed by atoms with E-state index in [-0.39, 0.29) is 23.4 Å². The molecule has 1 amide bonds. The third-order valence-corrected chi connectivity index (χ3v) is 4.16. The van der Waals surface area contributed by atoms with E-state index >= 15 is 0 Å². The minimum atomic E-state index is -1.18. The maximum atomic E-state index is 12.5. The molecule has 1 aromatic heterocycles. The fourth-order valence-electron chi connectivity index (χ4n) is 2.45. The summed E-state index contributed by atoms with van der Waals surface area (Å²) in [6, 6.07) is 7.75. The highest BCUT2D eigenvalue weighted by molar-refractivity contribution is 9.10. The van der Waals surface area contributed by atoms with E-state index in [1.807, 2.05) is 24.3 Å². The van der Waals surface area contributed by atoms with Crippen LogP contribution in [-0.2, 0) is 4.74 Å². The summed E-state index contributed by atoms with van der Waals surface area (Å²) in [4.78, 5) is 32.6. The number of carbonyl (C=O) groups excluding carboxylic acids is 1. The Hall–Kier alpha value is -2.32. The molecule has 3 rings (SSSR count). The molecule has 0 spiro atoms. The van der Waals surface area contributed by atoms with Crippen LogP contribution in [0.5, 0.6) is 0 Å². The predicted octanol–water partition coefficient (Wildman–Crippen LogP) is 2.15. The molecule has 1 aliphatic rings. The van der Waals surface area contributed by atoms with Crippen LogP contribution in [0.1, 0.15) is 32.6 Å². The van der Waals surface area contributed by atoms with Gasteiger partial charge in [0.2, 0.25) is 0 Å². The molecule has 0 aliphatic carbocycles. The average molecular weight is 392 g/mol. The lowest BCUT2D eigenvalue weighted by molar-refractivity contribution is -0.0230.